The van der Waals surface area contributed by atoms with Gasteiger partial charge in [-0.25, -0.2) is 0 Å². The van der Waals surface area contributed by atoms with Crippen LogP contribution in [0.25, 0.3) is 0 Å². The van der Waals surface area contributed by atoms with E-state index in [1.807, 2.05) is 0 Å². The molecule has 0 atom stereocenters. The molecule has 0 nitrogen and oxygen atoms in total. The molecule has 0 aromatic heterocycles. The van der Waals surface area contributed by atoms with Crippen LogP contribution in [-0.2, 0) is 0 Å². The van der Waals surface area contributed by atoms with Crippen molar-refractivity contribution in [3.63, 3.8) is 0 Å². The molecule has 0 aliphatic rings. The Hall–Kier alpha value is 0.775. The third kappa shape index (κ3) is 257. The standard InChI is InChI=1S/6FH.La/h6*1H;. The van der Waals surface area contributed by atoms with Gasteiger partial charge in [-0.05, 0) is 0 Å². The van der Waals surface area contributed by atoms with Gasteiger partial charge in [0, 0.05) is 35.6 Å². The Morgan fingerprint density at radius 1 is 0.286 bits per heavy atom. The molecule has 0 aromatic carbocycles. The third-order valence-electron chi connectivity index (χ3n) is 0. The van der Waals surface area contributed by atoms with E-state index >= 15 is 0 Å². The maximum Gasteiger partial charge on any atom is 0 e. The number of hydrogen-bond donors (Lipinski definition) is 0. The Kier molecular flexibility index (Phi) is 32000. The first-order valence-corrected chi connectivity index (χ1v) is 0. The first-order chi connectivity index (χ1) is 0. The van der Waals surface area contributed by atoms with Crippen molar-refractivity contribution in [2.45, 2.75) is 0 Å². The normalized spacial score (nSPS) is 0. The molecule has 7 heteroatoms. The van der Waals surface area contributed by atoms with E-state index in [0.29, 0.717) is 0 Å². The van der Waals surface area contributed by atoms with Gasteiger partial charge < -0.3 is 0 Å². The summed E-state index contributed by atoms with van der Waals surface area (Å²) in [6, 6.07) is 0. The van der Waals surface area contributed by atoms with Crippen LogP contribution < -0.4 is 0 Å². The molecule has 0 aliphatic carbocycles. The maximum absolute atomic E-state index is 0. The van der Waals surface area contributed by atoms with Crippen LogP contribution in [0, 0.1) is 35.6 Å². The fraction of sp³-hybridized carbons (Fsp3) is 0. The second-order valence-corrected chi connectivity index (χ2v) is 0. The molecular formula is H6F6La. The fourth-order valence-electron chi connectivity index (χ4n) is 0. The second kappa shape index (κ2) is 376. The van der Waals surface area contributed by atoms with Gasteiger partial charge >= 0.3 is 0 Å². The van der Waals surface area contributed by atoms with Crippen LogP contribution in [0.2, 0.25) is 0 Å². The van der Waals surface area contributed by atoms with Crippen molar-refractivity contribution >= 4 is 0 Å². The van der Waals surface area contributed by atoms with Crippen molar-refractivity contribution in [1.82, 2.24) is 0 Å². The Morgan fingerprint density at radius 2 is 0.286 bits per heavy atom. The number of rotatable bonds is 0. The molecule has 0 unspecified atom stereocenters. The smallest absolute Gasteiger partial charge is 0 e. The van der Waals surface area contributed by atoms with Crippen LogP contribution in [0.4, 0.5) is 28.2 Å². The third-order valence-corrected chi connectivity index (χ3v) is 0. The first-order valence-electron chi connectivity index (χ1n) is 0. The zero-order valence-corrected chi connectivity index (χ0v) is 6.65. The summed E-state index contributed by atoms with van der Waals surface area (Å²) in [6.45, 7) is 0. The van der Waals surface area contributed by atoms with Gasteiger partial charge in [-0.2, -0.15) is 0 Å². The first kappa shape index (κ1) is 594. The molecular weight excluding hydrogens is 253 g/mol. The Labute approximate surface area is 63.8 Å². The molecule has 0 heterocycles. The van der Waals surface area contributed by atoms with Crippen LogP contribution in [0.3, 0.4) is 0 Å². The monoisotopic (exact) mass is 259 g/mol. The molecule has 7 heavy (non-hydrogen) atoms. The molecule has 0 N–H and O–H groups in total. The molecule has 0 spiro atoms. The largest absolute Gasteiger partial charge is 0.269 e. The minimum absolute atomic E-state index is 0. The summed E-state index contributed by atoms with van der Waals surface area (Å²) in [5, 5.41) is 0. The van der Waals surface area contributed by atoms with E-state index in [1.165, 1.54) is 0 Å². The van der Waals surface area contributed by atoms with Crippen molar-refractivity contribution < 1.29 is 63.8 Å². The molecule has 0 saturated heterocycles. The second-order valence-electron chi connectivity index (χ2n) is 0. The Balaban J connectivity index is 0. The zero-order chi connectivity index (χ0) is 0. The van der Waals surface area contributed by atoms with Gasteiger partial charge in [-0.3, -0.25) is 28.2 Å². The summed E-state index contributed by atoms with van der Waals surface area (Å²) >= 11 is 0. The molecule has 51 valence electrons. The van der Waals surface area contributed by atoms with Gasteiger partial charge in [0.15, 0.2) is 0 Å². The molecule has 0 aromatic rings. The van der Waals surface area contributed by atoms with Crippen LogP contribution in [0.15, 0.2) is 0 Å². The summed E-state index contributed by atoms with van der Waals surface area (Å²) in [4.78, 5) is 0. The Morgan fingerprint density at radius 3 is 0.286 bits per heavy atom. The van der Waals surface area contributed by atoms with Crippen LogP contribution in [0.1, 0.15) is 0 Å². The van der Waals surface area contributed by atoms with Gasteiger partial charge in [-0.15, -0.1) is 0 Å². The average Bonchev–Trinajstić information content (AvgIpc) is 0. The van der Waals surface area contributed by atoms with Crippen molar-refractivity contribution in [3.05, 3.63) is 0 Å². The quantitative estimate of drug-likeness (QED) is 0.567. The van der Waals surface area contributed by atoms with Gasteiger partial charge in [0.2, 0.25) is 0 Å². The molecule has 1 radical (unpaired) electrons. The fourth-order valence-corrected chi connectivity index (χ4v) is 0. The van der Waals surface area contributed by atoms with Crippen LogP contribution >= 0.6 is 0 Å². The van der Waals surface area contributed by atoms with Crippen LogP contribution in [0.5, 0.6) is 0 Å². The van der Waals surface area contributed by atoms with E-state index in [-0.39, 0.29) is 63.8 Å². The molecule has 0 amide bonds. The maximum atomic E-state index is 0. The van der Waals surface area contributed by atoms with E-state index in [4.69, 9.17) is 0 Å². The summed E-state index contributed by atoms with van der Waals surface area (Å²) in [7, 11) is 0. The molecule has 0 saturated carbocycles. The van der Waals surface area contributed by atoms with Crippen molar-refractivity contribution in [3.8, 4) is 0 Å². The zero-order valence-electron chi connectivity index (χ0n) is 3.03. The SMILES string of the molecule is F.F.F.F.F.F.[La]. The van der Waals surface area contributed by atoms with Crippen molar-refractivity contribution in [2.24, 2.45) is 0 Å². The predicted octanol–water partition coefficient (Wildman–Crippen LogP) is 0.915. The molecule has 0 fully saturated rings. The number of halogens is 6. The summed E-state index contributed by atoms with van der Waals surface area (Å²) in [5.74, 6) is 0. The van der Waals surface area contributed by atoms with E-state index in [1.54, 1.807) is 0 Å². The molecule has 0 bridgehead atoms. The van der Waals surface area contributed by atoms with E-state index in [0.717, 1.165) is 0 Å². The van der Waals surface area contributed by atoms with Crippen LogP contribution in [-0.4, -0.2) is 0 Å². The topological polar surface area (TPSA) is 0 Å². The molecule has 0 rings (SSSR count). The number of hydrogen-bond acceptors (Lipinski definition) is 0. The molecule has 0 aliphatic heterocycles. The van der Waals surface area contributed by atoms with Gasteiger partial charge in [-0.1, -0.05) is 0 Å². The summed E-state index contributed by atoms with van der Waals surface area (Å²) in [6.07, 6.45) is 0. The minimum atomic E-state index is 0. The predicted molar refractivity (Wildman–Crippen MR) is 15.0 cm³/mol. The van der Waals surface area contributed by atoms with Gasteiger partial charge in [0.25, 0.3) is 0 Å². The van der Waals surface area contributed by atoms with E-state index in [2.05, 4.69) is 0 Å². The van der Waals surface area contributed by atoms with Gasteiger partial charge in [0.1, 0.15) is 0 Å². The summed E-state index contributed by atoms with van der Waals surface area (Å²) < 4.78 is 0. The van der Waals surface area contributed by atoms with E-state index in [9.17, 15) is 0 Å². The van der Waals surface area contributed by atoms with Crippen molar-refractivity contribution in [1.29, 1.82) is 0 Å². The van der Waals surface area contributed by atoms with E-state index < -0.39 is 0 Å². The Bertz CT molecular complexity index is 4.14. The van der Waals surface area contributed by atoms with Crippen molar-refractivity contribution in [2.75, 3.05) is 0 Å². The summed E-state index contributed by atoms with van der Waals surface area (Å²) in [5.41, 5.74) is 0. The van der Waals surface area contributed by atoms with Gasteiger partial charge in [0.05, 0.1) is 0 Å². The minimum Gasteiger partial charge on any atom is -0.269 e. The average molecular weight is 259 g/mol.